The van der Waals surface area contributed by atoms with E-state index in [0.29, 0.717) is 15.6 Å². The molecule has 8 heteroatoms. The van der Waals surface area contributed by atoms with E-state index >= 15 is 0 Å². The van der Waals surface area contributed by atoms with E-state index in [0.717, 1.165) is 30.0 Å². The molecule has 0 bridgehead atoms. The second-order valence-electron chi connectivity index (χ2n) is 5.21. The molecule has 2 aromatic heterocycles. The number of nitrogens with one attached hydrogen (secondary N) is 2. The molecule has 0 spiro atoms. The Balaban J connectivity index is 1.81. The van der Waals surface area contributed by atoms with Gasteiger partial charge in [0.05, 0.1) is 0 Å². The Morgan fingerprint density at radius 1 is 1.33 bits per heavy atom. The van der Waals surface area contributed by atoms with E-state index < -0.39 is 0 Å². The van der Waals surface area contributed by atoms with Gasteiger partial charge < -0.3 is 4.98 Å². The number of hydrogen-bond donors (Lipinski definition) is 2. The van der Waals surface area contributed by atoms with Crippen LogP contribution in [0.1, 0.15) is 35.3 Å². The molecule has 0 saturated carbocycles. The second-order valence-corrected chi connectivity index (χ2v) is 6.66. The number of aromatic amines is 1. The van der Waals surface area contributed by atoms with Crippen LogP contribution in [-0.4, -0.2) is 25.7 Å². The first-order valence-electron chi connectivity index (χ1n) is 7.68. The van der Waals surface area contributed by atoms with Crippen molar-refractivity contribution in [3.8, 4) is 5.69 Å². The lowest BCUT2D eigenvalue weighted by Crippen LogP contribution is -2.16. The zero-order valence-electron chi connectivity index (χ0n) is 13.2. The number of anilines is 1. The van der Waals surface area contributed by atoms with E-state index in [-0.39, 0.29) is 5.91 Å². The second kappa shape index (κ2) is 7.50. The van der Waals surface area contributed by atoms with Crippen molar-refractivity contribution in [3.63, 3.8) is 0 Å². The van der Waals surface area contributed by atoms with E-state index in [9.17, 15) is 4.79 Å². The molecular weight excluding hydrogens is 342 g/mol. The van der Waals surface area contributed by atoms with Crippen LogP contribution in [0.3, 0.4) is 0 Å². The average Bonchev–Trinajstić information content (AvgIpc) is 3.20. The highest BCUT2D eigenvalue weighted by Gasteiger charge is 2.16. The molecule has 2 N–H and O–H groups in total. The Morgan fingerprint density at radius 2 is 2.12 bits per heavy atom. The Bertz CT molecular complexity index is 881. The lowest BCUT2D eigenvalue weighted by molar-refractivity contribution is 0.102. The van der Waals surface area contributed by atoms with Crippen LogP contribution in [-0.2, 0) is 6.42 Å². The molecule has 124 valence electrons. The maximum absolute atomic E-state index is 12.6. The van der Waals surface area contributed by atoms with Crippen molar-refractivity contribution in [2.24, 2.45) is 0 Å². The van der Waals surface area contributed by atoms with Crippen LogP contribution in [0.5, 0.6) is 0 Å². The Morgan fingerprint density at radius 3 is 2.88 bits per heavy atom. The highest BCUT2D eigenvalue weighted by atomic mass is 32.1. The Labute approximate surface area is 148 Å². The number of hydrogen-bond acceptors (Lipinski definition) is 5. The summed E-state index contributed by atoms with van der Waals surface area (Å²) in [6, 6.07) is 9.51. The van der Waals surface area contributed by atoms with Crippen LogP contribution in [0.15, 0.2) is 36.5 Å². The Kier molecular flexibility index (Phi) is 5.17. The number of rotatable bonds is 6. The molecule has 6 nitrogen and oxygen atoms in total. The number of benzene rings is 1. The summed E-state index contributed by atoms with van der Waals surface area (Å²) in [5, 5.41) is 12.4. The first kappa shape index (κ1) is 16.5. The largest absolute Gasteiger partial charge is 0.336 e. The summed E-state index contributed by atoms with van der Waals surface area (Å²) in [5.74, 6) is -0.274. The van der Waals surface area contributed by atoms with E-state index in [1.807, 2.05) is 30.3 Å². The summed E-state index contributed by atoms with van der Waals surface area (Å²) in [6.45, 7) is 2.13. The number of carbonyl (C=O) groups excluding carboxylic acids is 1. The number of amides is 1. The van der Waals surface area contributed by atoms with E-state index in [4.69, 9.17) is 12.2 Å². The minimum atomic E-state index is -0.274. The molecule has 0 aliphatic heterocycles. The standard InChI is InChI=1S/C16H17N5OS2/c1-2-3-9-13-19-20-15(24-13)18-14(22)12-10-17-16(23)21(12)11-7-5-4-6-8-11/h4-8,10H,2-3,9H2,1H3,(H,17,23)(H,18,20,22). The van der Waals surface area contributed by atoms with Gasteiger partial charge in [0.25, 0.3) is 5.91 Å². The lowest BCUT2D eigenvalue weighted by atomic mass is 10.3. The number of nitrogens with zero attached hydrogens (tertiary/aromatic N) is 3. The predicted octanol–water partition coefficient (Wildman–Crippen LogP) is 3.98. The molecule has 0 unspecified atom stereocenters. The SMILES string of the molecule is CCCCc1nnc(NC(=O)c2c[nH]c(=S)n2-c2ccccc2)s1. The van der Waals surface area contributed by atoms with Gasteiger partial charge in [-0.1, -0.05) is 42.9 Å². The van der Waals surface area contributed by atoms with Gasteiger partial charge in [0.15, 0.2) is 4.77 Å². The molecule has 24 heavy (non-hydrogen) atoms. The summed E-state index contributed by atoms with van der Waals surface area (Å²) < 4.78 is 2.16. The van der Waals surface area contributed by atoms with Gasteiger partial charge in [0.2, 0.25) is 5.13 Å². The fourth-order valence-corrected chi connectivity index (χ4v) is 3.30. The number of unbranched alkanes of at least 4 members (excludes halogenated alkanes) is 1. The van der Waals surface area contributed by atoms with Crippen LogP contribution in [0.2, 0.25) is 0 Å². The molecule has 0 radical (unpaired) electrons. The lowest BCUT2D eigenvalue weighted by Gasteiger charge is -2.07. The summed E-state index contributed by atoms with van der Waals surface area (Å²) >= 11 is 6.70. The molecule has 1 amide bonds. The molecule has 0 aliphatic carbocycles. The van der Waals surface area contributed by atoms with Crippen molar-refractivity contribution < 1.29 is 4.79 Å². The molecule has 0 saturated heterocycles. The highest BCUT2D eigenvalue weighted by Crippen LogP contribution is 2.19. The van der Waals surface area contributed by atoms with Crippen LogP contribution in [0, 0.1) is 4.77 Å². The quantitative estimate of drug-likeness (QED) is 0.653. The first-order valence-corrected chi connectivity index (χ1v) is 8.91. The van der Waals surface area contributed by atoms with Crippen molar-refractivity contribution in [1.29, 1.82) is 0 Å². The van der Waals surface area contributed by atoms with Crippen molar-refractivity contribution in [2.45, 2.75) is 26.2 Å². The zero-order chi connectivity index (χ0) is 16.9. The maximum atomic E-state index is 12.6. The molecule has 0 atom stereocenters. The first-order chi connectivity index (χ1) is 11.7. The summed E-state index contributed by atoms with van der Waals surface area (Å²) in [4.78, 5) is 15.5. The maximum Gasteiger partial charge on any atom is 0.276 e. The van der Waals surface area contributed by atoms with Gasteiger partial charge in [-0.3, -0.25) is 14.7 Å². The fourth-order valence-electron chi connectivity index (χ4n) is 2.26. The van der Waals surface area contributed by atoms with Crippen molar-refractivity contribution >= 4 is 34.6 Å². The van der Waals surface area contributed by atoms with Crippen molar-refractivity contribution in [3.05, 3.63) is 52.0 Å². The molecule has 2 heterocycles. The molecule has 0 fully saturated rings. The zero-order valence-corrected chi connectivity index (χ0v) is 14.8. The molecular formula is C16H17N5OS2. The van der Waals surface area contributed by atoms with Gasteiger partial charge in [0.1, 0.15) is 10.7 Å². The minimum Gasteiger partial charge on any atom is -0.336 e. The third-order valence-corrected chi connectivity index (χ3v) is 4.65. The average molecular weight is 359 g/mol. The summed E-state index contributed by atoms with van der Waals surface area (Å²) in [7, 11) is 0. The molecule has 3 aromatic rings. The number of aryl methyl sites for hydroxylation is 1. The van der Waals surface area contributed by atoms with Gasteiger partial charge in [0, 0.05) is 18.3 Å². The van der Waals surface area contributed by atoms with Gasteiger partial charge in [-0.2, -0.15) is 0 Å². The summed E-state index contributed by atoms with van der Waals surface area (Å²) in [6.07, 6.45) is 4.65. The topological polar surface area (TPSA) is 75.6 Å². The van der Waals surface area contributed by atoms with Gasteiger partial charge >= 0.3 is 0 Å². The number of carbonyl (C=O) groups is 1. The van der Waals surface area contributed by atoms with Crippen LogP contribution in [0.4, 0.5) is 5.13 Å². The number of H-pyrrole nitrogens is 1. The Hall–Kier alpha value is -2.32. The van der Waals surface area contributed by atoms with Gasteiger partial charge in [-0.05, 0) is 30.8 Å². The third kappa shape index (κ3) is 3.60. The van der Waals surface area contributed by atoms with Crippen molar-refractivity contribution in [1.82, 2.24) is 19.7 Å². The van der Waals surface area contributed by atoms with Crippen LogP contribution < -0.4 is 5.32 Å². The van der Waals surface area contributed by atoms with E-state index in [2.05, 4.69) is 27.4 Å². The van der Waals surface area contributed by atoms with Gasteiger partial charge in [-0.15, -0.1) is 10.2 Å². The third-order valence-electron chi connectivity index (χ3n) is 3.45. The number of para-hydroxylation sites is 1. The molecule has 1 aromatic carbocycles. The number of aromatic nitrogens is 4. The number of imidazole rings is 1. The highest BCUT2D eigenvalue weighted by molar-refractivity contribution is 7.71. The summed E-state index contributed by atoms with van der Waals surface area (Å²) in [5.41, 5.74) is 1.26. The smallest absolute Gasteiger partial charge is 0.276 e. The van der Waals surface area contributed by atoms with Crippen LogP contribution in [0.25, 0.3) is 5.69 Å². The van der Waals surface area contributed by atoms with Crippen molar-refractivity contribution in [2.75, 3.05) is 5.32 Å². The van der Waals surface area contributed by atoms with E-state index in [1.165, 1.54) is 11.3 Å². The molecule has 3 rings (SSSR count). The van der Waals surface area contributed by atoms with E-state index in [1.54, 1.807) is 10.8 Å². The normalized spacial score (nSPS) is 10.7. The fraction of sp³-hybridized carbons (Fsp3) is 0.250. The minimum absolute atomic E-state index is 0.274. The predicted molar refractivity (Wildman–Crippen MR) is 97.4 cm³/mol. The monoisotopic (exact) mass is 359 g/mol. The molecule has 0 aliphatic rings. The van der Waals surface area contributed by atoms with Crippen LogP contribution >= 0.6 is 23.6 Å². The van der Waals surface area contributed by atoms with Gasteiger partial charge in [-0.25, -0.2) is 0 Å².